The number of halogens is 1. The van der Waals surface area contributed by atoms with E-state index in [0.717, 1.165) is 10.9 Å². The molecule has 1 amide bonds. The van der Waals surface area contributed by atoms with Crippen LogP contribution in [0.5, 0.6) is 0 Å². The lowest BCUT2D eigenvalue weighted by atomic mass is 10.1. The molecular formula is C15H15BrN2O. The molecule has 2 rings (SSSR count). The molecule has 0 saturated carbocycles. The predicted molar refractivity (Wildman–Crippen MR) is 79.0 cm³/mol. The van der Waals surface area contributed by atoms with Gasteiger partial charge in [-0.1, -0.05) is 34.1 Å². The summed E-state index contributed by atoms with van der Waals surface area (Å²) in [6.45, 7) is 1.99. The molecule has 4 heteroatoms. The van der Waals surface area contributed by atoms with E-state index in [-0.39, 0.29) is 11.9 Å². The second-order valence-corrected chi connectivity index (χ2v) is 5.34. The minimum absolute atomic E-state index is 0.0654. The van der Waals surface area contributed by atoms with E-state index in [4.69, 9.17) is 0 Å². The molecule has 0 bridgehead atoms. The molecule has 19 heavy (non-hydrogen) atoms. The summed E-state index contributed by atoms with van der Waals surface area (Å²) >= 11 is 3.40. The summed E-state index contributed by atoms with van der Waals surface area (Å²) in [5.74, 6) is -0.134. The fraction of sp³-hybridized carbons (Fsp3) is 0.200. The van der Waals surface area contributed by atoms with Crippen LogP contribution in [0.3, 0.4) is 0 Å². The third-order valence-corrected chi connectivity index (χ3v) is 3.26. The van der Waals surface area contributed by atoms with Gasteiger partial charge in [-0.25, -0.2) is 0 Å². The topological polar surface area (TPSA) is 42.0 Å². The van der Waals surface area contributed by atoms with Crippen molar-refractivity contribution < 1.29 is 4.79 Å². The smallest absolute Gasteiger partial charge is 0.270 e. The molecule has 0 aliphatic rings. The van der Waals surface area contributed by atoms with Gasteiger partial charge in [0.1, 0.15) is 5.69 Å². The van der Waals surface area contributed by atoms with Gasteiger partial charge >= 0.3 is 0 Å². The van der Waals surface area contributed by atoms with Crippen molar-refractivity contribution in [3.8, 4) is 0 Å². The van der Waals surface area contributed by atoms with E-state index in [1.54, 1.807) is 24.4 Å². The number of amides is 1. The van der Waals surface area contributed by atoms with Gasteiger partial charge in [-0.05, 0) is 43.2 Å². The molecule has 0 aliphatic heterocycles. The van der Waals surface area contributed by atoms with Gasteiger partial charge in [0, 0.05) is 16.7 Å². The van der Waals surface area contributed by atoms with E-state index in [2.05, 4.69) is 26.2 Å². The first kappa shape index (κ1) is 13.7. The molecule has 0 fully saturated rings. The summed E-state index contributed by atoms with van der Waals surface area (Å²) in [4.78, 5) is 16.0. The van der Waals surface area contributed by atoms with Gasteiger partial charge < -0.3 is 5.32 Å². The summed E-state index contributed by atoms with van der Waals surface area (Å²) in [6.07, 6.45) is 2.42. The quantitative estimate of drug-likeness (QED) is 0.940. The zero-order valence-corrected chi connectivity index (χ0v) is 12.2. The van der Waals surface area contributed by atoms with Gasteiger partial charge in [-0.2, -0.15) is 0 Å². The van der Waals surface area contributed by atoms with Crippen LogP contribution < -0.4 is 5.32 Å². The Bertz CT molecular complexity index is 540. The van der Waals surface area contributed by atoms with E-state index in [1.807, 2.05) is 31.2 Å². The van der Waals surface area contributed by atoms with Crippen LogP contribution >= 0.6 is 15.9 Å². The fourth-order valence-corrected chi connectivity index (χ4v) is 2.08. The molecule has 0 saturated heterocycles. The molecule has 1 atom stereocenters. The third-order valence-electron chi connectivity index (χ3n) is 2.73. The number of nitrogens with one attached hydrogen (secondary N) is 1. The summed E-state index contributed by atoms with van der Waals surface area (Å²) in [5, 5.41) is 2.95. The van der Waals surface area contributed by atoms with Gasteiger partial charge in [-0.15, -0.1) is 0 Å². The van der Waals surface area contributed by atoms with Crippen LogP contribution in [0.4, 0.5) is 0 Å². The Morgan fingerprint density at radius 2 is 2.00 bits per heavy atom. The Labute approximate surface area is 121 Å². The van der Waals surface area contributed by atoms with Gasteiger partial charge in [-0.3, -0.25) is 9.78 Å². The number of hydrogen-bond donors (Lipinski definition) is 1. The second-order valence-electron chi connectivity index (χ2n) is 4.42. The fourth-order valence-electron chi connectivity index (χ4n) is 1.82. The standard InChI is InChI=1S/C15H15BrN2O/c1-11(10-12-5-7-13(16)8-6-12)18-15(19)14-4-2-3-9-17-14/h2-9,11H,10H2,1H3,(H,18,19)/t11-/m0/s1. The number of hydrogen-bond acceptors (Lipinski definition) is 2. The van der Waals surface area contributed by atoms with Crippen LogP contribution in [0.2, 0.25) is 0 Å². The van der Waals surface area contributed by atoms with Crippen LogP contribution in [0.1, 0.15) is 23.0 Å². The first-order valence-corrected chi connectivity index (χ1v) is 6.91. The van der Waals surface area contributed by atoms with Crippen molar-refractivity contribution in [2.24, 2.45) is 0 Å². The molecule has 0 radical (unpaired) electrons. The van der Waals surface area contributed by atoms with Crippen molar-refractivity contribution in [1.82, 2.24) is 10.3 Å². The Morgan fingerprint density at radius 1 is 1.26 bits per heavy atom. The summed E-state index contributed by atoms with van der Waals surface area (Å²) in [6, 6.07) is 13.5. The summed E-state index contributed by atoms with van der Waals surface area (Å²) < 4.78 is 1.06. The van der Waals surface area contributed by atoms with E-state index in [9.17, 15) is 4.79 Å². The second kappa shape index (κ2) is 6.48. The lowest BCUT2D eigenvalue weighted by Crippen LogP contribution is -2.34. The lowest BCUT2D eigenvalue weighted by molar-refractivity contribution is 0.0935. The van der Waals surface area contributed by atoms with Gasteiger partial charge in [0.2, 0.25) is 0 Å². The number of carbonyl (C=O) groups excluding carboxylic acids is 1. The van der Waals surface area contributed by atoms with Crippen molar-refractivity contribution in [2.45, 2.75) is 19.4 Å². The van der Waals surface area contributed by atoms with Crippen LogP contribution in [0.25, 0.3) is 0 Å². The molecule has 1 aromatic carbocycles. The summed E-state index contributed by atoms with van der Waals surface area (Å²) in [5.41, 5.74) is 1.64. The zero-order chi connectivity index (χ0) is 13.7. The minimum atomic E-state index is -0.134. The lowest BCUT2D eigenvalue weighted by Gasteiger charge is -2.13. The van der Waals surface area contributed by atoms with Crippen molar-refractivity contribution >= 4 is 21.8 Å². The van der Waals surface area contributed by atoms with Gasteiger partial charge in [0.15, 0.2) is 0 Å². The molecule has 3 nitrogen and oxygen atoms in total. The van der Waals surface area contributed by atoms with Crippen LogP contribution in [0, 0.1) is 0 Å². The maximum atomic E-state index is 11.9. The number of nitrogens with zero attached hydrogens (tertiary/aromatic N) is 1. The molecular weight excluding hydrogens is 304 g/mol. The molecule has 2 aromatic rings. The van der Waals surface area contributed by atoms with Crippen molar-refractivity contribution in [2.75, 3.05) is 0 Å². The first-order chi connectivity index (χ1) is 9.15. The summed E-state index contributed by atoms with van der Waals surface area (Å²) in [7, 11) is 0. The molecule has 0 unspecified atom stereocenters. The van der Waals surface area contributed by atoms with Crippen molar-refractivity contribution in [1.29, 1.82) is 0 Å². The highest BCUT2D eigenvalue weighted by molar-refractivity contribution is 9.10. The van der Waals surface area contributed by atoms with Crippen molar-refractivity contribution in [3.05, 3.63) is 64.4 Å². The maximum Gasteiger partial charge on any atom is 0.270 e. The number of benzene rings is 1. The van der Waals surface area contributed by atoms with Crippen LogP contribution in [0.15, 0.2) is 53.1 Å². The largest absolute Gasteiger partial charge is 0.348 e. The Balaban J connectivity index is 1.92. The highest BCUT2D eigenvalue weighted by Gasteiger charge is 2.10. The molecule has 98 valence electrons. The van der Waals surface area contributed by atoms with E-state index < -0.39 is 0 Å². The Kier molecular flexibility index (Phi) is 4.68. The highest BCUT2D eigenvalue weighted by Crippen LogP contribution is 2.12. The normalized spacial score (nSPS) is 11.9. The zero-order valence-electron chi connectivity index (χ0n) is 10.6. The maximum absolute atomic E-state index is 11.9. The van der Waals surface area contributed by atoms with E-state index in [0.29, 0.717) is 5.69 Å². The Morgan fingerprint density at radius 3 is 2.63 bits per heavy atom. The Hall–Kier alpha value is -1.68. The SMILES string of the molecule is C[C@@H](Cc1ccc(Br)cc1)NC(=O)c1ccccn1. The van der Waals surface area contributed by atoms with Crippen LogP contribution in [-0.4, -0.2) is 16.9 Å². The number of pyridine rings is 1. The number of aromatic nitrogens is 1. The van der Waals surface area contributed by atoms with Crippen LogP contribution in [-0.2, 0) is 6.42 Å². The van der Waals surface area contributed by atoms with E-state index in [1.165, 1.54) is 5.56 Å². The average molecular weight is 319 g/mol. The van der Waals surface area contributed by atoms with Gasteiger partial charge in [0.25, 0.3) is 5.91 Å². The average Bonchev–Trinajstić information content (AvgIpc) is 2.42. The third kappa shape index (κ3) is 4.17. The molecule has 1 aromatic heterocycles. The molecule has 0 spiro atoms. The van der Waals surface area contributed by atoms with Crippen molar-refractivity contribution in [3.63, 3.8) is 0 Å². The first-order valence-electron chi connectivity index (χ1n) is 6.11. The molecule has 0 aliphatic carbocycles. The van der Waals surface area contributed by atoms with E-state index >= 15 is 0 Å². The highest BCUT2D eigenvalue weighted by atomic mass is 79.9. The molecule has 1 N–H and O–H groups in total. The number of carbonyl (C=O) groups is 1. The minimum Gasteiger partial charge on any atom is -0.348 e. The van der Waals surface area contributed by atoms with Gasteiger partial charge in [0.05, 0.1) is 0 Å². The predicted octanol–water partition coefficient (Wildman–Crippen LogP) is 3.21. The monoisotopic (exact) mass is 318 g/mol. The molecule has 1 heterocycles. The number of rotatable bonds is 4.